The van der Waals surface area contributed by atoms with Crippen molar-refractivity contribution in [3.63, 3.8) is 0 Å². The van der Waals surface area contributed by atoms with Crippen LogP contribution in [0.4, 0.5) is 0 Å². The average Bonchev–Trinajstić information content (AvgIpc) is 1.59. The first-order valence-electron chi connectivity index (χ1n) is 36.2. The number of hydrogen-bond donors (Lipinski definition) is 3. The first-order valence-corrected chi connectivity index (χ1v) is 37.0. The Morgan fingerprint density at radius 2 is 0.866 bits per heavy atom. The molecule has 6 unspecified atom stereocenters. The van der Waals surface area contributed by atoms with Crippen molar-refractivity contribution >= 4 is 46.0 Å². The molecule has 10 nitrogen and oxygen atoms in total. The van der Waals surface area contributed by atoms with Crippen molar-refractivity contribution in [1.29, 1.82) is 0 Å². The van der Waals surface area contributed by atoms with Gasteiger partial charge in [0.25, 0.3) is 0 Å². The van der Waals surface area contributed by atoms with Crippen LogP contribution in [-0.4, -0.2) is 66.2 Å². The van der Waals surface area contributed by atoms with Crippen molar-refractivity contribution in [3.05, 3.63) is 196 Å². The fraction of sp³-hybridized carbons (Fsp3) is 0.547. The Bertz CT molecular complexity index is 3130. The minimum Gasteiger partial charge on any atom is -0.389 e. The minimum atomic E-state index is -0.971. The second kappa shape index (κ2) is 41.9. The van der Waals surface area contributed by atoms with Crippen molar-refractivity contribution in [1.82, 2.24) is 4.98 Å². The molecule has 0 radical (unpaired) electrons. The fourth-order valence-corrected chi connectivity index (χ4v) is 13.8. The quantitative estimate of drug-likeness (QED) is 0.0500. The Hall–Kier alpha value is -6.37. The largest absolute Gasteiger partial charge is 0.389 e. The number of aliphatic hydroxyl groups excluding tert-OH is 1. The normalized spacial score (nSPS) is 15.6. The summed E-state index contributed by atoms with van der Waals surface area (Å²) in [6.45, 7) is 37.6. The van der Waals surface area contributed by atoms with Crippen LogP contribution in [0.3, 0.4) is 0 Å². The standard InChI is InChI=1S/C16H22O2.C16H24O2.C16H22O.C14H20O.C13H21NOS.C11H14O2/c1-12(2)15(17)14(13-8-4-3-5-9-13)16(18)10-6-7-11-16;1-5-16(18,6-2)14(15(17)12(3)4)13-10-8-7-9-11-13;1-12(2)16(17)15(14-10-6-7-11-14)13-8-4-3-5-9-13;1-10(2)13(14(15)11(3)4)12-8-6-5-7-9-12;1-9(2)12(15)10(13(3,4)5)8-11-14-6-7-16-11;1-8(2)10(12)11(13)9-6-4-3-5-7-9/h3-5,8-9,12,14,18H,6-7,10-11H2,1-2H3;7-12,14,18H,5-6H2,1-4H3;3-5,8-9,12,14-15H,6-7,10-11H2,1-2H3;5-11,13H,1-4H3;6-7,9-10H,8H2,1-5H3;3-8,11,13H,1-2H3. The van der Waals surface area contributed by atoms with Gasteiger partial charge in [-0.05, 0) is 83.6 Å². The summed E-state index contributed by atoms with van der Waals surface area (Å²) in [6, 6.07) is 48.8. The molecule has 0 amide bonds. The zero-order valence-corrected chi connectivity index (χ0v) is 63.4. The topological polar surface area (TPSA) is 176 Å². The molecular weight excluding hydrogens is 1220 g/mol. The summed E-state index contributed by atoms with van der Waals surface area (Å²) in [7, 11) is 0. The van der Waals surface area contributed by atoms with Crippen molar-refractivity contribution in [2.24, 2.45) is 58.7 Å². The lowest BCUT2D eigenvalue weighted by Gasteiger charge is -2.35. The van der Waals surface area contributed by atoms with E-state index in [9.17, 15) is 44.1 Å². The third kappa shape index (κ3) is 26.7. The number of ketones is 6. The van der Waals surface area contributed by atoms with Crippen molar-refractivity contribution in [2.45, 2.75) is 243 Å². The van der Waals surface area contributed by atoms with Crippen molar-refractivity contribution in [3.8, 4) is 0 Å². The van der Waals surface area contributed by atoms with Gasteiger partial charge in [0, 0.05) is 71.3 Å². The van der Waals surface area contributed by atoms with E-state index >= 15 is 0 Å². The molecule has 97 heavy (non-hydrogen) atoms. The molecule has 2 aliphatic carbocycles. The molecule has 0 bridgehead atoms. The molecule has 532 valence electrons. The number of carbonyl (C=O) groups excluding carboxylic acids is 6. The lowest BCUT2D eigenvalue weighted by Crippen LogP contribution is -2.41. The number of rotatable bonds is 25. The van der Waals surface area contributed by atoms with Gasteiger partial charge < -0.3 is 15.3 Å². The number of carbonyl (C=O) groups is 6. The SMILES string of the molecule is CC(C)C(=O)C(Cc1nccs1)C(C)(C)C.CC(C)C(=O)C(O)c1ccccc1.CC(C)C(=O)C(c1ccccc1)C(C)C.CC(C)C(=O)C(c1ccccc1)C1(O)CCCC1.CC(C)C(=O)C(c1ccccc1)C1CCCC1.CCC(O)(CC)C(C(=O)C(C)C)c1ccccc1. The first-order chi connectivity index (χ1) is 45.7. The van der Waals surface area contributed by atoms with Crippen LogP contribution in [0.2, 0.25) is 0 Å². The lowest BCUT2D eigenvalue weighted by molar-refractivity contribution is -0.131. The maximum atomic E-state index is 12.5. The van der Waals surface area contributed by atoms with E-state index in [-0.39, 0.29) is 81.9 Å². The zero-order valence-electron chi connectivity index (χ0n) is 62.6. The molecule has 5 aromatic carbocycles. The molecule has 8 rings (SSSR count). The Morgan fingerprint density at radius 3 is 1.23 bits per heavy atom. The Balaban J connectivity index is 0.000000304. The monoisotopic (exact) mass is 1350 g/mol. The number of thiazole rings is 1. The number of aliphatic hydroxyl groups is 3. The van der Waals surface area contributed by atoms with E-state index in [2.05, 4.69) is 51.7 Å². The van der Waals surface area contributed by atoms with E-state index < -0.39 is 23.2 Å². The maximum Gasteiger partial charge on any atom is 0.168 e. The zero-order chi connectivity index (χ0) is 72.8. The predicted octanol–water partition coefficient (Wildman–Crippen LogP) is 20.2. The van der Waals surface area contributed by atoms with Gasteiger partial charge in [0.05, 0.1) is 28.0 Å². The van der Waals surface area contributed by atoms with E-state index in [1.807, 2.05) is 216 Å². The number of aromatic nitrogens is 1. The van der Waals surface area contributed by atoms with E-state index in [1.165, 1.54) is 31.2 Å². The molecule has 1 aromatic heterocycles. The van der Waals surface area contributed by atoms with Gasteiger partial charge in [0.1, 0.15) is 35.0 Å². The molecule has 2 saturated carbocycles. The third-order valence-corrected chi connectivity index (χ3v) is 19.9. The molecule has 11 heteroatoms. The summed E-state index contributed by atoms with van der Waals surface area (Å²) in [5.74, 6) is 1.77. The third-order valence-electron chi connectivity index (χ3n) is 19.1. The molecule has 2 aliphatic rings. The summed E-state index contributed by atoms with van der Waals surface area (Å²) in [5, 5.41) is 34.2. The molecule has 1 heterocycles. The summed E-state index contributed by atoms with van der Waals surface area (Å²) in [6.07, 6.45) is 11.3. The van der Waals surface area contributed by atoms with Crippen LogP contribution in [0, 0.1) is 58.7 Å². The Morgan fingerprint density at radius 1 is 0.485 bits per heavy atom. The van der Waals surface area contributed by atoms with Gasteiger partial charge in [-0.15, -0.1) is 11.3 Å². The van der Waals surface area contributed by atoms with Crippen LogP contribution >= 0.6 is 11.3 Å². The minimum absolute atomic E-state index is 0.00697. The molecular formula is C86H123NO9S. The van der Waals surface area contributed by atoms with E-state index in [0.717, 1.165) is 53.8 Å². The number of nitrogens with zero attached hydrogens (tertiary/aromatic N) is 1. The molecule has 2 fully saturated rings. The Labute approximate surface area is 589 Å². The van der Waals surface area contributed by atoms with E-state index in [1.54, 1.807) is 43.5 Å². The Kier molecular flexibility index (Phi) is 36.7. The lowest BCUT2D eigenvalue weighted by atomic mass is 9.73. The molecule has 0 saturated heterocycles. The number of benzene rings is 5. The fourth-order valence-electron chi connectivity index (χ4n) is 13.1. The first kappa shape index (κ1) is 84.9. The molecule has 0 spiro atoms. The summed E-state index contributed by atoms with van der Waals surface area (Å²) in [5.41, 5.74) is 3.15. The van der Waals surface area contributed by atoms with Gasteiger partial charge in [-0.2, -0.15) is 0 Å². The van der Waals surface area contributed by atoms with Crippen LogP contribution in [0.25, 0.3) is 0 Å². The summed E-state index contributed by atoms with van der Waals surface area (Å²) < 4.78 is 0. The van der Waals surface area contributed by atoms with Crippen LogP contribution < -0.4 is 0 Å². The smallest absolute Gasteiger partial charge is 0.168 e. The number of Topliss-reactive ketones (excluding diaryl/α,β-unsaturated/α-hetero) is 6. The summed E-state index contributed by atoms with van der Waals surface area (Å²) >= 11 is 1.63. The van der Waals surface area contributed by atoms with Crippen LogP contribution in [0.1, 0.15) is 258 Å². The predicted molar refractivity (Wildman–Crippen MR) is 402 cm³/mol. The molecule has 6 atom stereocenters. The highest BCUT2D eigenvalue weighted by Gasteiger charge is 2.45. The molecule has 6 aromatic rings. The van der Waals surface area contributed by atoms with Gasteiger partial charge in [0.15, 0.2) is 5.78 Å². The number of hydrogen-bond acceptors (Lipinski definition) is 11. The van der Waals surface area contributed by atoms with Crippen molar-refractivity contribution < 1.29 is 44.1 Å². The van der Waals surface area contributed by atoms with Gasteiger partial charge in [-0.1, -0.05) is 309 Å². The van der Waals surface area contributed by atoms with Gasteiger partial charge in [-0.25, -0.2) is 4.98 Å². The van der Waals surface area contributed by atoms with Gasteiger partial charge in [0.2, 0.25) is 0 Å². The highest BCUT2D eigenvalue weighted by atomic mass is 32.1. The molecule has 3 N–H and O–H groups in total. The second-order valence-corrected chi connectivity index (χ2v) is 31.1. The van der Waals surface area contributed by atoms with E-state index in [0.29, 0.717) is 47.6 Å². The van der Waals surface area contributed by atoms with Crippen LogP contribution in [0.15, 0.2) is 163 Å². The van der Waals surface area contributed by atoms with Crippen molar-refractivity contribution in [2.75, 3.05) is 0 Å². The second-order valence-electron chi connectivity index (χ2n) is 30.1. The van der Waals surface area contributed by atoms with Crippen LogP contribution in [0.5, 0.6) is 0 Å². The molecule has 0 aliphatic heterocycles. The highest BCUT2D eigenvalue weighted by molar-refractivity contribution is 7.09. The summed E-state index contributed by atoms with van der Waals surface area (Å²) in [4.78, 5) is 77.3. The van der Waals surface area contributed by atoms with Gasteiger partial charge >= 0.3 is 0 Å². The average molecular weight is 1350 g/mol. The highest BCUT2D eigenvalue weighted by Crippen LogP contribution is 2.44. The maximum absolute atomic E-state index is 12.5. The van der Waals surface area contributed by atoms with Crippen LogP contribution in [-0.2, 0) is 35.2 Å². The van der Waals surface area contributed by atoms with Gasteiger partial charge in [-0.3, -0.25) is 28.8 Å². The van der Waals surface area contributed by atoms with E-state index in [4.69, 9.17) is 0 Å².